The fourth-order valence-corrected chi connectivity index (χ4v) is 2.12. The standard InChI is InChI=1S/C12H19N3O2/c1-2-3-12-13-11(14-17-12)8-15-6-4-10(9-16)5-7-15/h9-10H,2-8H2,1H3. The predicted octanol–water partition coefficient (Wildman–Crippen LogP) is 1.43. The number of hydrogen-bond acceptors (Lipinski definition) is 5. The molecule has 17 heavy (non-hydrogen) atoms. The number of carbonyl (C=O) groups excluding carboxylic acids is 1. The summed E-state index contributed by atoms with van der Waals surface area (Å²) >= 11 is 0. The predicted molar refractivity (Wildman–Crippen MR) is 62.4 cm³/mol. The average Bonchev–Trinajstić information content (AvgIpc) is 2.78. The van der Waals surface area contributed by atoms with Gasteiger partial charge in [0.2, 0.25) is 5.89 Å². The van der Waals surface area contributed by atoms with E-state index in [1.165, 1.54) is 0 Å². The van der Waals surface area contributed by atoms with Gasteiger partial charge in [0, 0.05) is 12.3 Å². The Labute approximate surface area is 101 Å². The van der Waals surface area contributed by atoms with Crippen molar-refractivity contribution in [3.8, 4) is 0 Å². The largest absolute Gasteiger partial charge is 0.339 e. The number of rotatable bonds is 5. The highest BCUT2D eigenvalue weighted by molar-refractivity contribution is 5.53. The van der Waals surface area contributed by atoms with Crippen LogP contribution >= 0.6 is 0 Å². The van der Waals surface area contributed by atoms with Gasteiger partial charge in [-0.2, -0.15) is 4.98 Å². The molecule has 0 radical (unpaired) electrons. The quantitative estimate of drug-likeness (QED) is 0.725. The van der Waals surface area contributed by atoms with E-state index < -0.39 is 0 Å². The Balaban J connectivity index is 1.82. The number of aryl methyl sites for hydroxylation is 1. The molecule has 5 nitrogen and oxygen atoms in total. The van der Waals surface area contributed by atoms with Gasteiger partial charge in [-0.25, -0.2) is 0 Å². The lowest BCUT2D eigenvalue weighted by Crippen LogP contribution is -2.33. The van der Waals surface area contributed by atoms with Gasteiger partial charge in [-0.1, -0.05) is 12.1 Å². The number of carbonyl (C=O) groups is 1. The van der Waals surface area contributed by atoms with Gasteiger partial charge in [0.05, 0.1) is 6.54 Å². The maximum Gasteiger partial charge on any atom is 0.226 e. The van der Waals surface area contributed by atoms with E-state index in [4.69, 9.17) is 4.52 Å². The summed E-state index contributed by atoms with van der Waals surface area (Å²) < 4.78 is 5.14. The first-order chi connectivity index (χ1) is 8.31. The maximum absolute atomic E-state index is 10.6. The lowest BCUT2D eigenvalue weighted by atomic mass is 9.99. The van der Waals surface area contributed by atoms with E-state index in [0.29, 0.717) is 0 Å². The molecule has 1 aliphatic rings. The second-order valence-electron chi connectivity index (χ2n) is 4.60. The third-order valence-corrected chi connectivity index (χ3v) is 3.16. The van der Waals surface area contributed by atoms with Crippen LogP contribution in [0.2, 0.25) is 0 Å². The fraction of sp³-hybridized carbons (Fsp3) is 0.750. The first kappa shape index (κ1) is 12.2. The highest BCUT2D eigenvalue weighted by Crippen LogP contribution is 2.16. The number of aldehydes is 1. The number of hydrogen-bond donors (Lipinski definition) is 0. The summed E-state index contributed by atoms with van der Waals surface area (Å²) in [6.45, 7) is 4.72. The van der Waals surface area contributed by atoms with E-state index >= 15 is 0 Å². The van der Waals surface area contributed by atoms with Crippen LogP contribution in [0.1, 0.15) is 37.9 Å². The summed E-state index contributed by atoms with van der Waals surface area (Å²) in [5, 5.41) is 3.97. The molecule has 1 aromatic rings. The fourth-order valence-electron chi connectivity index (χ4n) is 2.12. The monoisotopic (exact) mass is 237 g/mol. The minimum atomic E-state index is 0.243. The molecule has 0 aliphatic carbocycles. The second kappa shape index (κ2) is 5.91. The molecule has 0 amide bonds. The Bertz CT molecular complexity index is 356. The van der Waals surface area contributed by atoms with Crippen LogP contribution in [0.25, 0.3) is 0 Å². The summed E-state index contributed by atoms with van der Waals surface area (Å²) in [7, 11) is 0. The van der Waals surface area contributed by atoms with E-state index in [0.717, 1.165) is 63.3 Å². The van der Waals surface area contributed by atoms with Crippen molar-refractivity contribution < 1.29 is 9.32 Å². The van der Waals surface area contributed by atoms with Crippen molar-refractivity contribution in [3.63, 3.8) is 0 Å². The van der Waals surface area contributed by atoms with Crippen LogP contribution in [0.4, 0.5) is 0 Å². The zero-order valence-electron chi connectivity index (χ0n) is 10.3. The maximum atomic E-state index is 10.6. The van der Waals surface area contributed by atoms with Crippen molar-refractivity contribution in [2.75, 3.05) is 13.1 Å². The van der Waals surface area contributed by atoms with E-state index in [-0.39, 0.29) is 5.92 Å². The number of nitrogens with zero attached hydrogens (tertiary/aromatic N) is 3. The molecular weight excluding hydrogens is 218 g/mol. The van der Waals surface area contributed by atoms with Crippen LogP contribution in [-0.4, -0.2) is 34.4 Å². The Kier molecular flexibility index (Phi) is 4.25. The van der Waals surface area contributed by atoms with Crippen molar-refractivity contribution in [2.24, 2.45) is 5.92 Å². The second-order valence-corrected chi connectivity index (χ2v) is 4.60. The van der Waals surface area contributed by atoms with Crippen LogP contribution in [0, 0.1) is 5.92 Å². The normalized spacial score (nSPS) is 18.4. The zero-order chi connectivity index (χ0) is 12.1. The third kappa shape index (κ3) is 3.36. The smallest absolute Gasteiger partial charge is 0.226 e. The van der Waals surface area contributed by atoms with Crippen LogP contribution < -0.4 is 0 Å². The number of likely N-dealkylation sites (tertiary alicyclic amines) is 1. The SMILES string of the molecule is CCCc1nc(CN2CCC(C=O)CC2)no1. The van der Waals surface area contributed by atoms with E-state index in [1.807, 2.05) is 0 Å². The summed E-state index contributed by atoms with van der Waals surface area (Å²) in [6.07, 6.45) is 4.84. The van der Waals surface area contributed by atoms with E-state index in [2.05, 4.69) is 22.0 Å². The van der Waals surface area contributed by atoms with E-state index in [1.54, 1.807) is 0 Å². The molecule has 2 heterocycles. The van der Waals surface area contributed by atoms with E-state index in [9.17, 15) is 4.79 Å². The number of piperidine rings is 1. The van der Waals surface area contributed by atoms with Gasteiger partial charge in [0.15, 0.2) is 5.82 Å². The van der Waals surface area contributed by atoms with Gasteiger partial charge in [-0.3, -0.25) is 4.90 Å². The molecule has 1 fully saturated rings. The molecule has 1 aromatic heterocycles. The topological polar surface area (TPSA) is 59.2 Å². The molecule has 0 spiro atoms. The average molecular weight is 237 g/mol. The molecule has 0 N–H and O–H groups in total. The Hall–Kier alpha value is -1.23. The first-order valence-electron chi connectivity index (χ1n) is 6.31. The molecule has 0 saturated carbocycles. The molecule has 0 aromatic carbocycles. The summed E-state index contributed by atoms with van der Waals surface area (Å²) in [5.41, 5.74) is 0. The van der Waals surface area contributed by atoms with Crippen LogP contribution in [0.3, 0.4) is 0 Å². The minimum Gasteiger partial charge on any atom is -0.339 e. The highest BCUT2D eigenvalue weighted by Gasteiger charge is 2.19. The first-order valence-corrected chi connectivity index (χ1v) is 6.31. The molecule has 1 saturated heterocycles. The van der Waals surface area contributed by atoms with Crippen molar-refractivity contribution in [2.45, 2.75) is 39.2 Å². The summed E-state index contributed by atoms with van der Waals surface area (Å²) in [6, 6.07) is 0. The van der Waals surface area contributed by atoms with Crippen molar-refractivity contribution in [1.29, 1.82) is 0 Å². The molecule has 5 heteroatoms. The van der Waals surface area contributed by atoms with Gasteiger partial charge < -0.3 is 9.32 Å². The molecule has 2 rings (SSSR count). The molecule has 94 valence electrons. The zero-order valence-corrected chi connectivity index (χ0v) is 10.3. The summed E-state index contributed by atoms with van der Waals surface area (Å²) in [4.78, 5) is 17.3. The van der Waals surface area contributed by atoms with Crippen molar-refractivity contribution >= 4 is 6.29 Å². The summed E-state index contributed by atoms with van der Waals surface area (Å²) in [5.74, 6) is 1.73. The van der Waals surface area contributed by atoms with Gasteiger partial charge >= 0.3 is 0 Å². The Morgan fingerprint density at radius 1 is 1.47 bits per heavy atom. The molecule has 1 aliphatic heterocycles. The lowest BCUT2D eigenvalue weighted by Gasteiger charge is -2.28. The van der Waals surface area contributed by atoms with Gasteiger partial charge in [-0.15, -0.1) is 0 Å². The number of aromatic nitrogens is 2. The molecule has 0 atom stereocenters. The molecule has 0 unspecified atom stereocenters. The molecule has 0 bridgehead atoms. The Morgan fingerprint density at radius 3 is 2.88 bits per heavy atom. The van der Waals surface area contributed by atoms with Crippen molar-refractivity contribution in [1.82, 2.24) is 15.0 Å². The van der Waals surface area contributed by atoms with Gasteiger partial charge in [-0.05, 0) is 32.4 Å². The van der Waals surface area contributed by atoms with Gasteiger partial charge in [0.25, 0.3) is 0 Å². The molecular formula is C12H19N3O2. The van der Waals surface area contributed by atoms with Crippen molar-refractivity contribution in [3.05, 3.63) is 11.7 Å². The van der Waals surface area contributed by atoms with Crippen LogP contribution in [0.15, 0.2) is 4.52 Å². The van der Waals surface area contributed by atoms with Gasteiger partial charge in [0.1, 0.15) is 6.29 Å². The Morgan fingerprint density at radius 2 is 2.24 bits per heavy atom. The van der Waals surface area contributed by atoms with Crippen LogP contribution in [-0.2, 0) is 17.8 Å². The van der Waals surface area contributed by atoms with Crippen LogP contribution in [0.5, 0.6) is 0 Å². The lowest BCUT2D eigenvalue weighted by molar-refractivity contribution is -0.112. The highest BCUT2D eigenvalue weighted by atomic mass is 16.5. The minimum absolute atomic E-state index is 0.243. The third-order valence-electron chi connectivity index (χ3n) is 3.16.